The van der Waals surface area contributed by atoms with Crippen LogP contribution in [0.3, 0.4) is 0 Å². The highest BCUT2D eigenvalue weighted by Crippen LogP contribution is 2.22. The second-order valence-corrected chi connectivity index (χ2v) is 9.42. The van der Waals surface area contributed by atoms with E-state index in [9.17, 15) is 17.6 Å². The van der Waals surface area contributed by atoms with Crippen LogP contribution >= 0.6 is 0 Å². The molecule has 1 N–H and O–H groups in total. The SMILES string of the molecule is COC[C@H](NC(=O)c1cncc2c1cnn2-c1ccc(F)cc1)C1=CCN(S(C)(=O)=O)C=C1. The summed E-state index contributed by atoms with van der Waals surface area (Å²) in [5, 5.41) is 7.85. The summed E-state index contributed by atoms with van der Waals surface area (Å²) in [6.45, 7) is 0.362. The van der Waals surface area contributed by atoms with Crippen LogP contribution in [-0.4, -0.2) is 66.0 Å². The highest BCUT2D eigenvalue weighted by molar-refractivity contribution is 7.88. The van der Waals surface area contributed by atoms with Gasteiger partial charge in [-0.2, -0.15) is 5.10 Å². The van der Waals surface area contributed by atoms with Crippen molar-refractivity contribution in [3.8, 4) is 5.69 Å². The zero-order valence-electron chi connectivity index (χ0n) is 18.0. The Kier molecular flexibility index (Phi) is 6.25. The monoisotopic (exact) mass is 471 g/mol. The van der Waals surface area contributed by atoms with Crippen molar-refractivity contribution in [2.45, 2.75) is 6.04 Å². The lowest BCUT2D eigenvalue weighted by molar-refractivity contribution is 0.0914. The van der Waals surface area contributed by atoms with Crippen molar-refractivity contribution >= 4 is 26.8 Å². The van der Waals surface area contributed by atoms with Gasteiger partial charge in [0.1, 0.15) is 5.82 Å². The molecule has 9 nitrogen and oxygen atoms in total. The Morgan fingerprint density at radius 2 is 2.00 bits per heavy atom. The Bertz CT molecular complexity index is 1350. The number of aromatic nitrogens is 3. The largest absolute Gasteiger partial charge is 0.382 e. The molecule has 1 aliphatic rings. The van der Waals surface area contributed by atoms with E-state index >= 15 is 0 Å². The molecule has 0 saturated heterocycles. The number of rotatable bonds is 7. The molecule has 3 heterocycles. The summed E-state index contributed by atoms with van der Waals surface area (Å²) >= 11 is 0. The van der Waals surface area contributed by atoms with Gasteiger partial charge in [-0.15, -0.1) is 0 Å². The fraction of sp³-hybridized carbons (Fsp3) is 0.227. The van der Waals surface area contributed by atoms with Crippen molar-refractivity contribution in [2.75, 3.05) is 26.5 Å². The molecule has 33 heavy (non-hydrogen) atoms. The van der Waals surface area contributed by atoms with Crippen molar-refractivity contribution in [1.29, 1.82) is 0 Å². The van der Waals surface area contributed by atoms with Gasteiger partial charge in [-0.25, -0.2) is 17.5 Å². The van der Waals surface area contributed by atoms with Crippen LogP contribution in [0.4, 0.5) is 4.39 Å². The second-order valence-electron chi connectivity index (χ2n) is 7.49. The fourth-order valence-corrected chi connectivity index (χ4v) is 4.16. The van der Waals surface area contributed by atoms with Crippen molar-refractivity contribution in [1.82, 2.24) is 24.4 Å². The molecule has 1 amide bonds. The predicted molar refractivity (Wildman–Crippen MR) is 121 cm³/mol. The van der Waals surface area contributed by atoms with E-state index in [0.717, 1.165) is 11.8 Å². The first-order valence-corrected chi connectivity index (χ1v) is 11.9. The summed E-state index contributed by atoms with van der Waals surface area (Å²) in [7, 11) is -1.84. The van der Waals surface area contributed by atoms with Gasteiger partial charge in [0, 0.05) is 24.9 Å². The van der Waals surface area contributed by atoms with Gasteiger partial charge in [0.15, 0.2) is 0 Å². The van der Waals surface area contributed by atoms with Gasteiger partial charge in [0.05, 0.1) is 54.6 Å². The third-order valence-corrected chi connectivity index (χ3v) is 6.34. The van der Waals surface area contributed by atoms with Crippen LogP contribution in [0.15, 0.2) is 66.8 Å². The van der Waals surface area contributed by atoms with E-state index in [1.54, 1.807) is 41.4 Å². The molecule has 2 aromatic heterocycles. The summed E-state index contributed by atoms with van der Waals surface area (Å²) in [5.74, 6) is -0.739. The molecule has 0 aliphatic carbocycles. The number of hydrogen-bond acceptors (Lipinski definition) is 6. The lowest BCUT2D eigenvalue weighted by Gasteiger charge is -2.25. The van der Waals surface area contributed by atoms with Crippen LogP contribution in [0.1, 0.15) is 10.4 Å². The third kappa shape index (κ3) is 4.78. The van der Waals surface area contributed by atoms with Gasteiger partial charge < -0.3 is 10.1 Å². The standard InChI is InChI=1S/C22H22FN5O4S/c1-32-14-20(15-7-9-27(10-8-15)33(2,30)31)26-22(29)19-11-24-13-21-18(19)12-25-28(21)17-5-3-16(23)4-6-17/h3-9,11-13,20H,10,14H2,1-2H3,(H,26,29)/t20-/m0/s1. The van der Waals surface area contributed by atoms with Crippen LogP contribution in [0.2, 0.25) is 0 Å². The van der Waals surface area contributed by atoms with E-state index in [4.69, 9.17) is 4.74 Å². The number of carbonyl (C=O) groups excluding carboxylic acids is 1. The molecule has 1 atom stereocenters. The molecular formula is C22H22FN5O4S. The van der Waals surface area contributed by atoms with Crippen LogP contribution in [0, 0.1) is 5.82 Å². The number of benzene rings is 1. The Morgan fingerprint density at radius 1 is 1.24 bits per heavy atom. The molecule has 0 bridgehead atoms. The molecule has 0 spiro atoms. The van der Waals surface area contributed by atoms with Crippen LogP contribution in [0.25, 0.3) is 16.6 Å². The number of nitrogens with zero attached hydrogens (tertiary/aromatic N) is 4. The zero-order chi connectivity index (χ0) is 23.6. The highest BCUT2D eigenvalue weighted by Gasteiger charge is 2.23. The first-order chi connectivity index (χ1) is 15.8. The Hall–Kier alpha value is -3.57. The van der Waals surface area contributed by atoms with Crippen molar-refractivity contribution in [3.63, 3.8) is 0 Å². The maximum Gasteiger partial charge on any atom is 0.254 e. The molecule has 1 aliphatic heterocycles. The maximum absolute atomic E-state index is 13.3. The lowest BCUT2D eigenvalue weighted by Crippen LogP contribution is -2.40. The molecule has 172 valence electrons. The van der Waals surface area contributed by atoms with Gasteiger partial charge in [-0.05, 0) is 35.9 Å². The van der Waals surface area contributed by atoms with E-state index in [0.29, 0.717) is 22.2 Å². The lowest BCUT2D eigenvalue weighted by atomic mass is 10.0. The van der Waals surface area contributed by atoms with Crippen LogP contribution < -0.4 is 5.32 Å². The number of carbonyl (C=O) groups is 1. The number of hydrogen-bond donors (Lipinski definition) is 1. The van der Waals surface area contributed by atoms with E-state index in [2.05, 4.69) is 15.4 Å². The van der Waals surface area contributed by atoms with E-state index in [1.165, 1.54) is 35.9 Å². The maximum atomic E-state index is 13.3. The number of nitrogens with one attached hydrogen (secondary N) is 1. The normalized spacial score (nSPS) is 14.9. The quantitative estimate of drug-likeness (QED) is 0.565. The molecule has 0 saturated carbocycles. The summed E-state index contributed by atoms with van der Waals surface area (Å²) < 4.78 is 44.8. The molecule has 0 fully saturated rings. The van der Waals surface area contributed by atoms with E-state index in [-0.39, 0.29) is 24.9 Å². The van der Waals surface area contributed by atoms with Crippen LogP contribution in [-0.2, 0) is 14.8 Å². The molecular weight excluding hydrogens is 449 g/mol. The molecule has 11 heteroatoms. The summed E-state index contributed by atoms with van der Waals surface area (Å²) in [6.07, 6.45) is 10.6. The fourth-order valence-electron chi connectivity index (χ4n) is 3.53. The third-order valence-electron chi connectivity index (χ3n) is 5.22. The van der Waals surface area contributed by atoms with Crippen LogP contribution in [0.5, 0.6) is 0 Å². The number of ether oxygens (including phenoxy) is 1. The van der Waals surface area contributed by atoms with Gasteiger partial charge >= 0.3 is 0 Å². The second kappa shape index (κ2) is 9.12. The number of sulfonamides is 1. The number of fused-ring (bicyclic) bond motifs is 1. The Morgan fingerprint density at radius 3 is 2.64 bits per heavy atom. The van der Waals surface area contributed by atoms with Gasteiger partial charge in [-0.1, -0.05) is 6.08 Å². The topological polar surface area (TPSA) is 106 Å². The Labute approximate surface area is 190 Å². The predicted octanol–water partition coefficient (Wildman–Crippen LogP) is 2.02. The molecule has 4 rings (SSSR count). The summed E-state index contributed by atoms with van der Waals surface area (Å²) in [4.78, 5) is 17.3. The summed E-state index contributed by atoms with van der Waals surface area (Å²) in [6, 6.07) is 5.34. The molecule has 0 radical (unpaired) electrons. The van der Waals surface area contributed by atoms with E-state index < -0.39 is 16.1 Å². The average Bonchev–Trinajstić information content (AvgIpc) is 3.23. The highest BCUT2D eigenvalue weighted by atomic mass is 32.2. The molecule has 1 aromatic carbocycles. The zero-order valence-corrected chi connectivity index (χ0v) is 18.8. The molecule has 3 aromatic rings. The van der Waals surface area contributed by atoms with Gasteiger partial charge in [-0.3, -0.25) is 14.1 Å². The van der Waals surface area contributed by atoms with E-state index in [1.807, 2.05) is 0 Å². The van der Waals surface area contributed by atoms with Gasteiger partial charge in [0.25, 0.3) is 5.91 Å². The number of amides is 1. The number of methoxy groups -OCH3 is 1. The minimum absolute atomic E-state index is 0.169. The van der Waals surface area contributed by atoms with Crippen molar-refractivity contribution < 1.29 is 22.3 Å². The van der Waals surface area contributed by atoms with Crippen molar-refractivity contribution in [2.24, 2.45) is 0 Å². The number of pyridine rings is 1. The average molecular weight is 472 g/mol. The first-order valence-electron chi connectivity index (χ1n) is 10.0. The minimum atomic E-state index is -3.36. The van der Waals surface area contributed by atoms with Crippen molar-refractivity contribution in [3.05, 3.63) is 78.2 Å². The summed E-state index contributed by atoms with van der Waals surface area (Å²) in [5.41, 5.74) is 2.28. The first kappa shape index (κ1) is 22.6. The molecule has 0 unspecified atom stereocenters. The van der Waals surface area contributed by atoms with Gasteiger partial charge in [0.2, 0.25) is 10.0 Å². The number of halogens is 1. The smallest absolute Gasteiger partial charge is 0.254 e. The Balaban J connectivity index is 1.59. The minimum Gasteiger partial charge on any atom is -0.382 e.